The van der Waals surface area contributed by atoms with Crippen molar-refractivity contribution in [1.29, 1.82) is 0 Å². The van der Waals surface area contributed by atoms with E-state index in [4.69, 9.17) is 9.47 Å². The molecule has 0 radical (unpaired) electrons. The number of phenolic OH excluding ortho intramolecular Hbond substituents is 1. The van der Waals surface area contributed by atoms with Gasteiger partial charge in [0.1, 0.15) is 5.76 Å². The summed E-state index contributed by atoms with van der Waals surface area (Å²) in [6.07, 6.45) is 6.32. The van der Waals surface area contributed by atoms with Crippen molar-refractivity contribution in [1.82, 2.24) is 20.0 Å². The maximum atomic E-state index is 13.8. The molecule has 2 aliphatic heterocycles. The molecular weight excluding hydrogens is 572 g/mol. The molecule has 5 rings (SSSR count). The van der Waals surface area contributed by atoms with Crippen LogP contribution in [0.15, 0.2) is 24.0 Å². The first kappa shape index (κ1) is 34.6. The van der Waals surface area contributed by atoms with E-state index in [-0.39, 0.29) is 53.3 Å². The van der Waals surface area contributed by atoms with Crippen molar-refractivity contribution in [3.05, 3.63) is 35.1 Å². The van der Waals surface area contributed by atoms with Crippen LogP contribution in [0, 0.1) is 17.8 Å². The number of benzene rings is 1. The van der Waals surface area contributed by atoms with Crippen molar-refractivity contribution in [2.24, 2.45) is 17.8 Å². The van der Waals surface area contributed by atoms with Crippen LogP contribution >= 0.6 is 0 Å². The lowest BCUT2D eigenvalue weighted by Gasteiger charge is -2.57. The molecule has 2 bridgehead atoms. The number of amides is 3. The minimum absolute atomic E-state index is 0.0365. The van der Waals surface area contributed by atoms with Gasteiger partial charge in [-0.15, -0.1) is 0 Å². The third kappa shape index (κ3) is 6.67. The summed E-state index contributed by atoms with van der Waals surface area (Å²) >= 11 is 0. The second kappa shape index (κ2) is 14.4. The third-order valence-electron chi connectivity index (χ3n) is 10.6. The Kier molecular flexibility index (Phi) is 11.1. The summed E-state index contributed by atoms with van der Waals surface area (Å²) < 4.78 is 11.7. The number of methoxy groups -OCH3 is 1. The van der Waals surface area contributed by atoms with Crippen LogP contribution in [-0.4, -0.2) is 97.7 Å². The minimum Gasteiger partial charge on any atom is -0.504 e. The summed E-state index contributed by atoms with van der Waals surface area (Å²) in [7, 11) is 7.24. The van der Waals surface area contributed by atoms with E-state index < -0.39 is 6.09 Å². The number of phenols is 1. The van der Waals surface area contributed by atoms with E-state index in [0.717, 1.165) is 43.4 Å². The van der Waals surface area contributed by atoms with Crippen molar-refractivity contribution < 1.29 is 29.0 Å². The number of rotatable bonds is 7. The predicted octanol–water partition coefficient (Wildman–Crippen LogP) is 4.69. The number of carbonyl (C=O) groups excluding carboxylic acids is 3. The van der Waals surface area contributed by atoms with Gasteiger partial charge in [-0.05, 0) is 75.7 Å². The molecule has 2 N–H and O–H groups in total. The Labute approximate surface area is 269 Å². The molecule has 2 saturated heterocycles. The highest BCUT2D eigenvalue weighted by atomic mass is 16.6. The summed E-state index contributed by atoms with van der Waals surface area (Å²) in [6, 6.07) is 3.90. The van der Waals surface area contributed by atoms with E-state index in [1.165, 1.54) is 0 Å². The molecule has 1 aromatic rings. The van der Waals surface area contributed by atoms with Crippen molar-refractivity contribution in [3.63, 3.8) is 0 Å². The van der Waals surface area contributed by atoms with E-state index in [1.54, 1.807) is 31.0 Å². The highest BCUT2D eigenvalue weighted by Gasteiger charge is 2.55. The summed E-state index contributed by atoms with van der Waals surface area (Å²) in [4.78, 5) is 44.9. The van der Waals surface area contributed by atoms with Gasteiger partial charge in [0.25, 0.3) is 0 Å². The topological polar surface area (TPSA) is 112 Å². The minimum atomic E-state index is -0.449. The molecule has 10 heteroatoms. The number of piperidine rings is 2. The number of likely N-dealkylation sites (tertiary alicyclic amines) is 2. The monoisotopic (exact) mass is 626 g/mol. The Bertz CT molecular complexity index is 1280. The molecule has 4 aliphatic rings. The standard InChI is InChI=1S/C33H48N4O6.C2H6/c1-7-20(2)30(39)34-19-23-16-22(31(40)35(3)4)12-14-37(23)32(41)43-24-9-10-25-26-17-21-8-11-27(42-6)29(38)28(21)33(25,18-24)13-15-36(26)5;1-2/h8-9,11,20,22-23,25-26,38H,7,10,12-19H2,1-6H3,(H,34,39);1-2H3. The average Bonchev–Trinajstić information content (AvgIpc) is 3.05. The van der Waals surface area contributed by atoms with Gasteiger partial charge in [0.15, 0.2) is 11.5 Å². The quantitative estimate of drug-likeness (QED) is 0.452. The first-order valence-corrected chi connectivity index (χ1v) is 16.8. The number of hydrogen-bond acceptors (Lipinski definition) is 7. The number of aromatic hydroxyl groups is 1. The number of allylic oxidation sites excluding steroid dienone is 2. The number of hydrogen-bond donors (Lipinski definition) is 2. The Morgan fingerprint density at radius 2 is 1.93 bits per heavy atom. The van der Waals surface area contributed by atoms with Crippen LogP contribution in [0.2, 0.25) is 0 Å². The zero-order valence-corrected chi connectivity index (χ0v) is 28.5. The van der Waals surface area contributed by atoms with Crippen LogP contribution in [0.4, 0.5) is 4.79 Å². The van der Waals surface area contributed by atoms with Crippen LogP contribution in [0.25, 0.3) is 0 Å². The average molecular weight is 627 g/mol. The summed E-state index contributed by atoms with van der Waals surface area (Å²) in [6.45, 7) is 9.39. The molecule has 6 unspecified atom stereocenters. The molecule has 2 aliphatic carbocycles. The first-order chi connectivity index (χ1) is 21.5. The lowest BCUT2D eigenvalue weighted by molar-refractivity contribution is -0.135. The van der Waals surface area contributed by atoms with Gasteiger partial charge < -0.3 is 34.6 Å². The zero-order valence-electron chi connectivity index (χ0n) is 28.5. The molecule has 2 heterocycles. The van der Waals surface area contributed by atoms with Gasteiger partial charge in [-0.1, -0.05) is 33.8 Å². The number of nitrogens with one attached hydrogen (secondary N) is 1. The van der Waals surface area contributed by atoms with E-state index in [1.807, 2.05) is 33.8 Å². The molecule has 250 valence electrons. The summed E-state index contributed by atoms with van der Waals surface area (Å²) in [5.41, 5.74) is 1.71. The maximum absolute atomic E-state index is 13.8. The molecule has 0 saturated carbocycles. The second-order valence-corrected chi connectivity index (χ2v) is 13.2. The normalized spacial score (nSPS) is 27.8. The number of carbonyl (C=O) groups is 3. The van der Waals surface area contributed by atoms with Crippen LogP contribution < -0.4 is 10.1 Å². The highest BCUT2D eigenvalue weighted by Crippen LogP contribution is 2.59. The second-order valence-electron chi connectivity index (χ2n) is 13.2. The highest BCUT2D eigenvalue weighted by molar-refractivity contribution is 5.80. The van der Waals surface area contributed by atoms with Gasteiger partial charge in [-0.3, -0.25) is 9.59 Å². The van der Waals surface area contributed by atoms with Crippen LogP contribution in [0.5, 0.6) is 11.5 Å². The summed E-state index contributed by atoms with van der Waals surface area (Å²) in [5.74, 6) is 1.21. The molecule has 0 spiro atoms. The van der Waals surface area contributed by atoms with Gasteiger partial charge in [-0.25, -0.2) is 4.79 Å². The number of nitrogens with zero attached hydrogens (tertiary/aromatic N) is 3. The molecule has 2 fully saturated rings. The lowest BCUT2D eigenvalue weighted by atomic mass is 9.53. The maximum Gasteiger partial charge on any atom is 0.415 e. The fourth-order valence-electron chi connectivity index (χ4n) is 7.97. The van der Waals surface area contributed by atoms with Crippen LogP contribution in [-0.2, 0) is 26.2 Å². The van der Waals surface area contributed by atoms with Gasteiger partial charge in [0.05, 0.1) is 13.2 Å². The predicted molar refractivity (Wildman–Crippen MR) is 174 cm³/mol. The Hall–Kier alpha value is -3.27. The van der Waals surface area contributed by atoms with Gasteiger partial charge in [-0.2, -0.15) is 0 Å². The molecule has 1 aromatic carbocycles. The van der Waals surface area contributed by atoms with Crippen LogP contribution in [0.1, 0.15) is 77.3 Å². The van der Waals surface area contributed by atoms with E-state index in [9.17, 15) is 19.5 Å². The number of likely N-dealkylation sites (N-methyl/N-ethyl adjacent to an activating group) is 1. The largest absolute Gasteiger partial charge is 0.504 e. The van der Waals surface area contributed by atoms with Crippen LogP contribution in [0.3, 0.4) is 0 Å². The van der Waals surface area contributed by atoms with Crippen molar-refractivity contribution in [2.75, 3.05) is 47.9 Å². The van der Waals surface area contributed by atoms with E-state index >= 15 is 0 Å². The fraction of sp³-hybridized carbons (Fsp3) is 0.686. The molecule has 45 heavy (non-hydrogen) atoms. The summed E-state index contributed by atoms with van der Waals surface area (Å²) in [5, 5.41) is 14.4. The van der Waals surface area contributed by atoms with Crippen molar-refractivity contribution in [2.45, 2.75) is 90.1 Å². The van der Waals surface area contributed by atoms with Crippen molar-refractivity contribution >= 4 is 17.9 Å². The number of fused-ring (bicyclic) bond motifs is 1. The zero-order chi connectivity index (χ0) is 33.1. The molecule has 0 aromatic heterocycles. The first-order valence-electron chi connectivity index (χ1n) is 16.8. The van der Waals surface area contributed by atoms with Gasteiger partial charge in [0, 0.05) is 62.5 Å². The molecule has 6 atom stereocenters. The Morgan fingerprint density at radius 3 is 2.60 bits per heavy atom. The van der Waals surface area contributed by atoms with Crippen molar-refractivity contribution in [3.8, 4) is 11.5 Å². The third-order valence-corrected chi connectivity index (χ3v) is 10.6. The van der Waals surface area contributed by atoms with Gasteiger partial charge >= 0.3 is 6.09 Å². The smallest absolute Gasteiger partial charge is 0.415 e. The van der Waals surface area contributed by atoms with Gasteiger partial charge in [0.2, 0.25) is 11.8 Å². The Balaban J connectivity index is 0.00000226. The number of ether oxygens (including phenoxy) is 2. The fourth-order valence-corrected chi connectivity index (χ4v) is 7.97. The van der Waals surface area contributed by atoms with E-state index in [0.29, 0.717) is 43.4 Å². The molecule has 3 amide bonds. The van der Waals surface area contributed by atoms with E-state index in [2.05, 4.69) is 29.4 Å². The molecular formula is C35H54N4O6. The molecule has 10 nitrogen and oxygen atoms in total. The Morgan fingerprint density at radius 1 is 1.20 bits per heavy atom. The lowest BCUT2D eigenvalue weighted by Crippen LogP contribution is -2.60. The SMILES string of the molecule is CC.CCC(C)C(=O)NCC1CC(C(=O)N(C)C)CCN1C(=O)OC1=CCC2C3Cc4ccc(OC)c(O)c4C2(CCN3C)C1.